The van der Waals surface area contributed by atoms with Crippen LogP contribution in [-0.4, -0.2) is 29.0 Å². The molecule has 3 amide bonds. The van der Waals surface area contributed by atoms with Crippen LogP contribution in [0.3, 0.4) is 0 Å². The molecule has 2 aliphatic heterocycles. The fourth-order valence-electron chi connectivity index (χ4n) is 5.83. The molecule has 4 aromatic carbocycles. The first-order valence-electron chi connectivity index (χ1n) is 14.1. The van der Waals surface area contributed by atoms with Crippen molar-refractivity contribution in [2.75, 3.05) is 20.9 Å². The van der Waals surface area contributed by atoms with Gasteiger partial charge in [-0.25, -0.2) is 4.79 Å². The topological polar surface area (TPSA) is 52.7 Å². The van der Waals surface area contributed by atoms with Crippen molar-refractivity contribution in [3.05, 3.63) is 132 Å². The fourth-order valence-corrected chi connectivity index (χ4v) is 7.89. The highest BCUT2D eigenvalue weighted by molar-refractivity contribution is 8.00. The van der Waals surface area contributed by atoms with E-state index in [9.17, 15) is 9.59 Å². The molecule has 5 nitrogen and oxygen atoms in total. The molecule has 208 valence electrons. The van der Waals surface area contributed by atoms with Crippen LogP contribution in [0.5, 0.6) is 0 Å². The lowest BCUT2D eigenvalue weighted by atomic mass is 10.0. The third kappa shape index (κ3) is 5.14. The van der Waals surface area contributed by atoms with Crippen LogP contribution in [0.1, 0.15) is 11.1 Å². The Balaban J connectivity index is 1.09. The number of aryl methyl sites for hydroxylation is 2. The molecule has 4 aromatic rings. The summed E-state index contributed by atoms with van der Waals surface area (Å²) < 4.78 is 0. The monoisotopic (exact) mass is 587 g/mol. The van der Waals surface area contributed by atoms with E-state index in [-0.39, 0.29) is 29.0 Å². The van der Waals surface area contributed by atoms with Gasteiger partial charge in [-0.15, -0.1) is 23.5 Å². The zero-order valence-corrected chi connectivity index (χ0v) is 24.5. The van der Waals surface area contributed by atoms with E-state index in [1.807, 2.05) is 101 Å². The number of nitrogens with zero attached hydrogens (tertiary/aromatic N) is 2. The van der Waals surface area contributed by atoms with Crippen molar-refractivity contribution in [2.45, 2.75) is 33.9 Å². The van der Waals surface area contributed by atoms with E-state index in [2.05, 4.69) is 35.7 Å². The first-order chi connectivity index (χ1) is 20.7. The lowest BCUT2D eigenvalue weighted by Gasteiger charge is -2.40. The molecule has 2 atom stereocenters. The van der Waals surface area contributed by atoms with Crippen molar-refractivity contribution < 1.29 is 9.59 Å². The molecule has 0 spiro atoms. The highest BCUT2D eigenvalue weighted by Crippen LogP contribution is 2.44. The van der Waals surface area contributed by atoms with Gasteiger partial charge in [0.1, 0.15) is 0 Å². The summed E-state index contributed by atoms with van der Waals surface area (Å²) >= 11 is 3.27. The van der Waals surface area contributed by atoms with Crippen LogP contribution in [0.2, 0.25) is 0 Å². The van der Waals surface area contributed by atoms with Crippen molar-refractivity contribution in [3.8, 4) is 0 Å². The van der Waals surface area contributed by atoms with Crippen molar-refractivity contribution in [1.29, 1.82) is 0 Å². The number of amides is 3. The Labute approximate surface area is 254 Å². The predicted octanol–water partition coefficient (Wildman–Crippen LogP) is 8.25. The first-order valence-corrected chi connectivity index (χ1v) is 15.9. The molecule has 2 unspecified atom stereocenters. The summed E-state index contributed by atoms with van der Waals surface area (Å²) in [4.78, 5) is 33.2. The van der Waals surface area contributed by atoms with Crippen molar-refractivity contribution in [1.82, 2.24) is 0 Å². The lowest BCUT2D eigenvalue weighted by molar-refractivity contribution is -0.115. The Morgan fingerprint density at radius 1 is 0.786 bits per heavy atom. The van der Waals surface area contributed by atoms with E-state index in [4.69, 9.17) is 0 Å². The second-order valence-corrected chi connectivity index (χ2v) is 12.7. The highest BCUT2D eigenvalue weighted by atomic mass is 32.2. The fraction of sp³-hybridized carbons (Fsp3) is 0.143. The predicted molar refractivity (Wildman–Crippen MR) is 174 cm³/mol. The Hall–Kier alpha value is -4.20. The largest absolute Gasteiger partial charge is 0.326 e. The average molecular weight is 588 g/mol. The third-order valence-corrected chi connectivity index (χ3v) is 10.1. The number of fused-ring (bicyclic) bond motifs is 4. The Morgan fingerprint density at radius 2 is 1.45 bits per heavy atom. The van der Waals surface area contributed by atoms with Crippen molar-refractivity contribution in [3.63, 3.8) is 0 Å². The van der Waals surface area contributed by atoms with Gasteiger partial charge in [0.05, 0.1) is 34.1 Å². The normalized spacial score (nSPS) is 18.3. The molecule has 0 radical (unpaired) electrons. The number of nitrogens with one attached hydrogen (secondary N) is 1. The molecule has 0 fully saturated rings. The zero-order valence-electron chi connectivity index (χ0n) is 22.9. The van der Waals surface area contributed by atoms with Crippen LogP contribution in [0, 0.1) is 0 Å². The van der Waals surface area contributed by atoms with Crippen LogP contribution in [0.15, 0.2) is 131 Å². The highest BCUT2D eigenvalue weighted by Gasteiger charge is 2.36. The zero-order chi connectivity index (χ0) is 28.5. The van der Waals surface area contributed by atoms with Gasteiger partial charge in [-0.2, -0.15) is 0 Å². The molecule has 3 aliphatic rings. The van der Waals surface area contributed by atoms with E-state index >= 15 is 0 Å². The quantitative estimate of drug-likeness (QED) is 0.244. The second kappa shape index (κ2) is 11.6. The molecule has 7 rings (SSSR count). The van der Waals surface area contributed by atoms with E-state index in [1.165, 1.54) is 22.9 Å². The van der Waals surface area contributed by atoms with Gasteiger partial charge in [-0.3, -0.25) is 14.6 Å². The molecule has 2 heterocycles. The number of allylic oxidation sites excluding steroid dienone is 2. The molecule has 42 heavy (non-hydrogen) atoms. The molecule has 1 aliphatic carbocycles. The molecule has 0 aromatic heterocycles. The minimum atomic E-state index is -0.172. The molecule has 7 heteroatoms. The maximum atomic E-state index is 13.8. The Kier molecular flexibility index (Phi) is 7.36. The van der Waals surface area contributed by atoms with Gasteiger partial charge in [0.2, 0.25) is 5.91 Å². The molecule has 1 N–H and O–H groups in total. The van der Waals surface area contributed by atoms with Crippen LogP contribution in [0.4, 0.5) is 27.5 Å². The maximum absolute atomic E-state index is 13.8. The lowest BCUT2D eigenvalue weighted by Crippen LogP contribution is -2.49. The van der Waals surface area contributed by atoms with Gasteiger partial charge in [0.15, 0.2) is 0 Å². The van der Waals surface area contributed by atoms with Crippen LogP contribution < -0.4 is 15.1 Å². The number of thioether (sulfide) groups is 2. The molecule has 0 saturated carbocycles. The standard InChI is InChI=1S/C35H29N3O2S2/c39-34(37-28-14-3-1-10-24(28)20-21-25-11-2-4-15-29(25)37)23-41-27-13-9-12-26(22-27)36-35(40)38-30-16-5-7-18-32(30)42-33-19-8-6-17-31(33)38/h1-19,22,30,32H,20-21,23H2,(H,36,40). The van der Waals surface area contributed by atoms with E-state index in [1.54, 1.807) is 11.8 Å². The maximum Gasteiger partial charge on any atom is 0.326 e. The number of anilines is 4. The second-order valence-electron chi connectivity index (χ2n) is 10.4. The summed E-state index contributed by atoms with van der Waals surface area (Å²) in [5, 5.41) is 3.29. The summed E-state index contributed by atoms with van der Waals surface area (Å²) in [6.07, 6.45) is 10.1. The minimum absolute atomic E-state index is 0.0295. The number of rotatable bonds is 4. The number of carbonyl (C=O) groups excluding carboxylic acids is 2. The Bertz CT molecular complexity index is 1690. The van der Waals surface area contributed by atoms with Gasteiger partial charge >= 0.3 is 6.03 Å². The number of para-hydroxylation sites is 3. The molecule has 0 bridgehead atoms. The SMILES string of the molecule is O=C(CSc1cccc(NC(=O)N2c3ccccc3SC3C=CC=CC32)c1)N1c2ccccc2CCc2ccccc21. The van der Waals surface area contributed by atoms with Crippen LogP contribution in [0.25, 0.3) is 0 Å². The van der Waals surface area contributed by atoms with Gasteiger partial charge in [0.25, 0.3) is 0 Å². The van der Waals surface area contributed by atoms with Gasteiger partial charge in [0, 0.05) is 15.5 Å². The van der Waals surface area contributed by atoms with E-state index < -0.39 is 0 Å². The number of urea groups is 1. The summed E-state index contributed by atoms with van der Waals surface area (Å²) in [6.45, 7) is 0. The summed E-state index contributed by atoms with van der Waals surface area (Å²) in [5.74, 6) is 0.305. The summed E-state index contributed by atoms with van der Waals surface area (Å²) in [5.41, 5.74) is 5.89. The molecular weight excluding hydrogens is 559 g/mol. The van der Waals surface area contributed by atoms with Gasteiger partial charge in [-0.1, -0.05) is 78.9 Å². The van der Waals surface area contributed by atoms with Gasteiger partial charge in [-0.05, 0) is 66.4 Å². The molecule has 0 saturated heterocycles. The van der Waals surface area contributed by atoms with E-state index in [0.29, 0.717) is 5.69 Å². The average Bonchev–Trinajstić information content (AvgIpc) is 3.19. The smallest absolute Gasteiger partial charge is 0.307 e. The van der Waals surface area contributed by atoms with Crippen LogP contribution >= 0.6 is 23.5 Å². The third-order valence-electron chi connectivity index (χ3n) is 7.79. The number of benzene rings is 4. The number of hydrogen-bond acceptors (Lipinski definition) is 4. The van der Waals surface area contributed by atoms with E-state index in [0.717, 1.165) is 39.7 Å². The number of hydrogen-bond donors (Lipinski definition) is 1. The van der Waals surface area contributed by atoms with Crippen molar-refractivity contribution in [2.24, 2.45) is 0 Å². The summed E-state index contributed by atoms with van der Waals surface area (Å²) in [6, 6.07) is 31.9. The van der Waals surface area contributed by atoms with Gasteiger partial charge < -0.3 is 5.32 Å². The number of carbonyl (C=O) groups is 2. The van der Waals surface area contributed by atoms with Crippen LogP contribution in [-0.2, 0) is 17.6 Å². The molecular formula is C35H29N3O2S2. The Morgan fingerprint density at radius 3 is 2.21 bits per heavy atom. The van der Waals surface area contributed by atoms with Crippen molar-refractivity contribution >= 4 is 58.2 Å². The first kappa shape index (κ1) is 26.7. The minimum Gasteiger partial charge on any atom is -0.307 e. The summed E-state index contributed by atoms with van der Waals surface area (Å²) in [7, 11) is 0.